The summed E-state index contributed by atoms with van der Waals surface area (Å²) in [6, 6.07) is 6.73. The first-order valence-corrected chi connectivity index (χ1v) is 9.85. The molecule has 3 rings (SSSR count). The Morgan fingerprint density at radius 1 is 1.31 bits per heavy atom. The van der Waals surface area contributed by atoms with Gasteiger partial charge < -0.3 is 20.5 Å². The number of hydrogen-bond donors (Lipinski definition) is 3. The zero-order valence-electron chi connectivity index (χ0n) is 16.0. The van der Waals surface area contributed by atoms with Crippen molar-refractivity contribution in [3.05, 3.63) is 23.8 Å². The minimum Gasteiger partial charge on any atom is -0.504 e. The van der Waals surface area contributed by atoms with Crippen LogP contribution in [0.25, 0.3) is 0 Å². The molecule has 1 aliphatic carbocycles. The molecular formula is C20H32N4O2. The molecule has 0 bridgehead atoms. The predicted octanol–water partition coefficient (Wildman–Crippen LogP) is 2.47. The third-order valence-electron chi connectivity index (χ3n) is 5.46. The number of aromatic hydroxyl groups is 1. The Balaban J connectivity index is 1.59. The first-order valence-electron chi connectivity index (χ1n) is 9.85. The number of methoxy groups -OCH3 is 1. The smallest absolute Gasteiger partial charge is 0.191 e. The van der Waals surface area contributed by atoms with E-state index in [0.717, 1.165) is 37.1 Å². The van der Waals surface area contributed by atoms with Gasteiger partial charge in [-0.05, 0) is 32.3 Å². The molecule has 1 aromatic rings. The number of aliphatic imine (C=N–C) groups is 1. The summed E-state index contributed by atoms with van der Waals surface area (Å²) in [4.78, 5) is 7.31. The molecule has 2 fully saturated rings. The fourth-order valence-electron chi connectivity index (χ4n) is 4.04. The highest BCUT2D eigenvalue weighted by molar-refractivity contribution is 5.80. The Morgan fingerprint density at radius 2 is 2.12 bits per heavy atom. The molecule has 6 heteroatoms. The van der Waals surface area contributed by atoms with Crippen molar-refractivity contribution in [1.29, 1.82) is 0 Å². The Hall–Kier alpha value is -1.95. The van der Waals surface area contributed by atoms with Crippen LogP contribution < -0.4 is 15.4 Å². The van der Waals surface area contributed by atoms with Gasteiger partial charge in [-0.25, -0.2) is 4.99 Å². The normalized spacial score (nSPS) is 21.9. The summed E-state index contributed by atoms with van der Waals surface area (Å²) in [5.74, 6) is 1.47. The number of phenolic OH excluding ortho intramolecular Hbond substituents is 1. The van der Waals surface area contributed by atoms with Crippen LogP contribution >= 0.6 is 0 Å². The lowest BCUT2D eigenvalue weighted by Gasteiger charge is -2.24. The molecule has 3 N–H and O–H groups in total. The Labute approximate surface area is 156 Å². The molecule has 1 saturated carbocycles. The SMILES string of the molecule is CCNC(=NCc1cccc(OC)c1O)NC1CCN(C2CCCC2)C1. The summed E-state index contributed by atoms with van der Waals surface area (Å²) in [6.07, 6.45) is 6.64. The lowest BCUT2D eigenvalue weighted by atomic mass is 10.2. The molecule has 1 unspecified atom stereocenters. The Kier molecular flexibility index (Phi) is 6.61. The first kappa shape index (κ1) is 18.8. The van der Waals surface area contributed by atoms with Crippen molar-refractivity contribution in [1.82, 2.24) is 15.5 Å². The third-order valence-corrected chi connectivity index (χ3v) is 5.46. The molecule has 0 spiro atoms. The van der Waals surface area contributed by atoms with E-state index in [-0.39, 0.29) is 5.75 Å². The quantitative estimate of drug-likeness (QED) is 0.537. The van der Waals surface area contributed by atoms with Crippen LogP contribution in [-0.4, -0.2) is 54.8 Å². The molecule has 1 saturated heterocycles. The Bertz CT molecular complexity index is 614. The van der Waals surface area contributed by atoms with Gasteiger partial charge in [-0.1, -0.05) is 25.0 Å². The van der Waals surface area contributed by atoms with Gasteiger partial charge in [-0.2, -0.15) is 0 Å². The van der Waals surface area contributed by atoms with Crippen molar-refractivity contribution in [2.45, 2.75) is 57.7 Å². The van der Waals surface area contributed by atoms with Gasteiger partial charge in [0, 0.05) is 37.3 Å². The summed E-state index contributed by atoms with van der Waals surface area (Å²) in [7, 11) is 1.56. The highest BCUT2D eigenvalue weighted by Gasteiger charge is 2.30. The van der Waals surface area contributed by atoms with Crippen LogP contribution in [0.15, 0.2) is 23.2 Å². The van der Waals surface area contributed by atoms with Crippen LogP contribution in [0.4, 0.5) is 0 Å². The predicted molar refractivity (Wildman–Crippen MR) is 105 cm³/mol. The van der Waals surface area contributed by atoms with Gasteiger partial charge in [0.15, 0.2) is 17.5 Å². The number of rotatable bonds is 6. The van der Waals surface area contributed by atoms with Crippen molar-refractivity contribution >= 4 is 5.96 Å². The molecule has 2 aliphatic rings. The van der Waals surface area contributed by atoms with Crippen LogP contribution in [-0.2, 0) is 6.54 Å². The second kappa shape index (κ2) is 9.12. The number of phenols is 1. The number of benzene rings is 1. The number of likely N-dealkylation sites (tertiary alicyclic amines) is 1. The molecule has 6 nitrogen and oxygen atoms in total. The monoisotopic (exact) mass is 360 g/mol. The molecule has 1 aliphatic heterocycles. The van der Waals surface area contributed by atoms with Gasteiger partial charge in [0.05, 0.1) is 13.7 Å². The summed E-state index contributed by atoms with van der Waals surface area (Å²) in [6.45, 7) is 5.57. The van der Waals surface area contributed by atoms with Gasteiger partial charge in [0.1, 0.15) is 0 Å². The van der Waals surface area contributed by atoms with Gasteiger partial charge in [0.2, 0.25) is 0 Å². The standard InChI is InChI=1S/C20H32N4O2/c1-3-21-20(22-13-15-7-6-10-18(26-2)19(15)25)23-16-11-12-24(14-16)17-8-4-5-9-17/h6-7,10,16-17,25H,3-5,8-9,11-14H2,1-2H3,(H2,21,22,23). The topological polar surface area (TPSA) is 69.1 Å². The van der Waals surface area contributed by atoms with E-state index in [4.69, 9.17) is 4.74 Å². The minimum absolute atomic E-state index is 0.169. The number of nitrogens with one attached hydrogen (secondary N) is 2. The summed E-state index contributed by atoms with van der Waals surface area (Å²) in [5, 5.41) is 17.1. The fourth-order valence-corrected chi connectivity index (χ4v) is 4.04. The van der Waals surface area contributed by atoms with Crippen molar-refractivity contribution < 1.29 is 9.84 Å². The average molecular weight is 361 g/mol. The van der Waals surface area contributed by atoms with Crippen molar-refractivity contribution in [3.8, 4) is 11.5 Å². The van der Waals surface area contributed by atoms with E-state index in [9.17, 15) is 5.11 Å². The van der Waals surface area contributed by atoms with E-state index in [1.807, 2.05) is 12.1 Å². The highest BCUT2D eigenvalue weighted by atomic mass is 16.5. The van der Waals surface area contributed by atoms with Gasteiger partial charge in [-0.15, -0.1) is 0 Å². The van der Waals surface area contributed by atoms with Gasteiger partial charge in [-0.3, -0.25) is 4.90 Å². The van der Waals surface area contributed by atoms with E-state index in [1.54, 1.807) is 13.2 Å². The maximum atomic E-state index is 10.2. The number of nitrogens with zero attached hydrogens (tertiary/aromatic N) is 2. The molecular weight excluding hydrogens is 328 g/mol. The largest absolute Gasteiger partial charge is 0.504 e. The van der Waals surface area contributed by atoms with E-state index >= 15 is 0 Å². The fraction of sp³-hybridized carbons (Fsp3) is 0.650. The van der Waals surface area contributed by atoms with Gasteiger partial charge >= 0.3 is 0 Å². The first-order chi connectivity index (χ1) is 12.7. The zero-order valence-corrected chi connectivity index (χ0v) is 16.0. The molecule has 0 amide bonds. The van der Waals surface area contributed by atoms with Crippen LogP contribution in [0.1, 0.15) is 44.6 Å². The lowest BCUT2D eigenvalue weighted by molar-refractivity contribution is 0.242. The number of para-hydroxylation sites is 1. The summed E-state index contributed by atoms with van der Waals surface area (Å²) in [5.41, 5.74) is 0.764. The van der Waals surface area contributed by atoms with E-state index < -0.39 is 0 Å². The van der Waals surface area contributed by atoms with Crippen LogP contribution in [0.3, 0.4) is 0 Å². The molecule has 1 heterocycles. The van der Waals surface area contributed by atoms with Crippen LogP contribution in [0.5, 0.6) is 11.5 Å². The van der Waals surface area contributed by atoms with Crippen molar-refractivity contribution in [3.63, 3.8) is 0 Å². The van der Waals surface area contributed by atoms with Gasteiger partial charge in [0.25, 0.3) is 0 Å². The third kappa shape index (κ3) is 4.61. The molecule has 1 aromatic carbocycles. The number of hydrogen-bond acceptors (Lipinski definition) is 4. The zero-order chi connectivity index (χ0) is 18.4. The maximum Gasteiger partial charge on any atom is 0.191 e. The summed E-state index contributed by atoms with van der Waals surface area (Å²) >= 11 is 0. The molecule has 0 aromatic heterocycles. The minimum atomic E-state index is 0.169. The lowest BCUT2D eigenvalue weighted by Crippen LogP contribution is -2.45. The average Bonchev–Trinajstić information content (AvgIpc) is 3.32. The number of guanidine groups is 1. The molecule has 0 radical (unpaired) electrons. The van der Waals surface area contributed by atoms with Crippen molar-refractivity contribution in [2.75, 3.05) is 26.7 Å². The second-order valence-electron chi connectivity index (χ2n) is 7.23. The van der Waals surface area contributed by atoms with E-state index in [0.29, 0.717) is 18.3 Å². The summed E-state index contributed by atoms with van der Waals surface area (Å²) < 4.78 is 5.17. The Morgan fingerprint density at radius 3 is 2.85 bits per heavy atom. The molecule has 1 atom stereocenters. The number of ether oxygens (including phenoxy) is 1. The maximum absolute atomic E-state index is 10.2. The molecule has 144 valence electrons. The van der Waals surface area contributed by atoms with E-state index in [2.05, 4.69) is 27.4 Å². The van der Waals surface area contributed by atoms with Crippen molar-refractivity contribution in [2.24, 2.45) is 4.99 Å². The molecule has 26 heavy (non-hydrogen) atoms. The van der Waals surface area contributed by atoms with Crippen LogP contribution in [0.2, 0.25) is 0 Å². The van der Waals surface area contributed by atoms with Crippen LogP contribution in [0, 0.1) is 0 Å². The van der Waals surface area contributed by atoms with E-state index in [1.165, 1.54) is 32.2 Å². The highest BCUT2D eigenvalue weighted by Crippen LogP contribution is 2.30. The second-order valence-corrected chi connectivity index (χ2v) is 7.23.